The summed E-state index contributed by atoms with van der Waals surface area (Å²) in [6.45, 7) is 2.76. The van der Waals surface area contributed by atoms with Gasteiger partial charge in [0.2, 0.25) is 0 Å². The fourth-order valence-corrected chi connectivity index (χ4v) is 3.51. The molecule has 1 N–H and O–H groups in total. The SMILES string of the molecule is Cl.O=C(O)C1CCCN(CCCCN2C(=O)c3ccccc3C2=O)C1. The Bertz CT molecular complexity index is 629. The Labute approximate surface area is 153 Å². The Kier molecular flexibility index (Phi) is 6.56. The Balaban J connectivity index is 0.00000225. The largest absolute Gasteiger partial charge is 0.481 e. The monoisotopic (exact) mass is 366 g/mol. The number of benzene rings is 1. The van der Waals surface area contributed by atoms with Crippen LogP contribution in [0.5, 0.6) is 0 Å². The standard InChI is InChI=1S/C18H22N2O4.ClH/c21-16-14-7-1-2-8-15(14)17(22)20(16)11-4-3-9-19-10-5-6-13(12-19)18(23)24;/h1-2,7-8,13H,3-6,9-12H2,(H,23,24);1H. The number of aliphatic carboxylic acids is 1. The Hall–Kier alpha value is -1.92. The lowest BCUT2D eigenvalue weighted by atomic mass is 9.98. The number of carbonyl (C=O) groups is 3. The molecule has 7 heteroatoms. The molecule has 1 fully saturated rings. The number of amides is 2. The summed E-state index contributed by atoms with van der Waals surface area (Å²) in [6.07, 6.45) is 3.25. The number of hydrogen-bond donors (Lipinski definition) is 1. The van der Waals surface area contributed by atoms with Gasteiger partial charge in [-0.3, -0.25) is 19.3 Å². The third kappa shape index (κ3) is 4.19. The van der Waals surface area contributed by atoms with Crippen LogP contribution in [-0.4, -0.2) is 58.9 Å². The number of unbranched alkanes of at least 4 members (excludes halogenated alkanes) is 1. The van der Waals surface area contributed by atoms with Crippen molar-refractivity contribution in [3.8, 4) is 0 Å². The lowest BCUT2D eigenvalue weighted by Gasteiger charge is -2.30. The summed E-state index contributed by atoms with van der Waals surface area (Å²) in [7, 11) is 0. The summed E-state index contributed by atoms with van der Waals surface area (Å²) in [5.74, 6) is -1.40. The molecule has 2 aliphatic heterocycles. The topological polar surface area (TPSA) is 77.9 Å². The van der Waals surface area contributed by atoms with Crippen LogP contribution in [-0.2, 0) is 4.79 Å². The van der Waals surface area contributed by atoms with Crippen LogP contribution < -0.4 is 0 Å². The molecule has 0 spiro atoms. The van der Waals surface area contributed by atoms with E-state index in [1.165, 1.54) is 4.90 Å². The zero-order chi connectivity index (χ0) is 17.1. The molecule has 1 unspecified atom stereocenters. The predicted molar refractivity (Wildman–Crippen MR) is 95.1 cm³/mol. The second-order valence-corrected chi connectivity index (χ2v) is 6.49. The zero-order valence-electron chi connectivity index (χ0n) is 14.0. The number of fused-ring (bicyclic) bond motifs is 1. The van der Waals surface area contributed by atoms with Gasteiger partial charge in [0.25, 0.3) is 11.8 Å². The van der Waals surface area contributed by atoms with E-state index in [0.29, 0.717) is 24.2 Å². The van der Waals surface area contributed by atoms with E-state index in [0.717, 1.165) is 38.8 Å². The Morgan fingerprint density at radius 3 is 2.28 bits per heavy atom. The number of likely N-dealkylation sites (tertiary alicyclic amines) is 1. The normalized spacial score (nSPS) is 20.3. The average Bonchev–Trinajstić information content (AvgIpc) is 2.84. The van der Waals surface area contributed by atoms with Crippen molar-refractivity contribution in [1.29, 1.82) is 0 Å². The summed E-state index contributed by atoms with van der Waals surface area (Å²) in [5.41, 5.74) is 0.977. The number of nitrogens with zero attached hydrogens (tertiary/aromatic N) is 2. The van der Waals surface area contributed by atoms with Gasteiger partial charge in [0.05, 0.1) is 17.0 Å². The minimum Gasteiger partial charge on any atom is -0.481 e. The molecule has 0 saturated carbocycles. The maximum Gasteiger partial charge on any atom is 0.307 e. The molecule has 1 aromatic carbocycles. The van der Waals surface area contributed by atoms with E-state index in [4.69, 9.17) is 5.11 Å². The molecule has 1 atom stereocenters. The third-order valence-electron chi connectivity index (χ3n) is 4.84. The molecule has 25 heavy (non-hydrogen) atoms. The van der Waals surface area contributed by atoms with Gasteiger partial charge in [0.1, 0.15) is 0 Å². The molecule has 1 saturated heterocycles. The second kappa shape index (κ2) is 8.45. The molecule has 136 valence electrons. The molecular weight excluding hydrogens is 344 g/mol. The molecule has 3 rings (SSSR count). The first-order valence-corrected chi connectivity index (χ1v) is 8.48. The second-order valence-electron chi connectivity index (χ2n) is 6.49. The van der Waals surface area contributed by atoms with Crippen LogP contribution in [0.15, 0.2) is 24.3 Å². The van der Waals surface area contributed by atoms with Crippen molar-refractivity contribution in [2.45, 2.75) is 25.7 Å². The van der Waals surface area contributed by atoms with E-state index < -0.39 is 5.97 Å². The lowest BCUT2D eigenvalue weighted by Crippen LogP contribution is -2.39. The number of imide groups is 1. The van der Waals surface area contributed by atoms with Gasteiger partial charge in [-0.2, -0.15) is 0 Å². The first kappa shape index (κ1) is 19.4. The number of carboxylic acid groups (broad SMARTS) is 1. The lowest BCUT2D eigenvalue weighted by molar-refractivity contribution is -0.143. The molecular formula is C18H23ClN2O4. The van der Waals surface area contributed by atoms with Gasteiger partial charge in [-0.25, -0.2) is 0 Å². The van der Waals surface area contributed by atoms with Gasteiger partial charge in [-0.15, -0.1) is 12.4 Å². The van der Waals surface area contributed by atoms with Crippen molar-refractivity contribution in [3.05, 3.63) is 35.4 Å². The van der Waals surface area contributed by atoms with Crippen molar-refractivity contribution in [2.24, 2.45) is 5.92 Å². The van der Waals surface area contributed by atoms with Gasteiger partial charge in [0.15, 0.2) is 0 Å². The summed E-state index contributed by atoms with van der Waals surface area (Å²) in [6, 6.07) is 6.91. The number of carbonyl (C=O) groups excluding carboxylic acids is 2. The molecule has 2 amide bonds. The molecule has 2 aliphatic rings. The van der Waals surface area contributed by atoms with Crippen LogP contribution in [0.3, 0.4) is 0 Å². The zero-order valence-corrected chi connectivity index (χ0v) is 14.8. The number of piperidine rings is 1. The van der Waals surface area contributed by atoms with Crippen LogP contribution in [0.2, 0.25) is 0 Å². The van der Waals surface area contributed by atoms with E-state index in [9.17, 15) is 14.4 Å². The number of carboxylic acids is 1. The smallest absolute Gasteiger partial charge is 0.307 e. The number of hydrogen-bond acceptors (Lipinski definition) is 4. The van der Waals surface area contributed by atoms with Crippen molar-refractivity contribution in [3.63, 3.8) is 0 Å². The van der Waals surface area contributed by atoms with Crippen LogP contribution >= 0.6 is 12.4 Å². The molecule has 0 aliphatic carbocycles. The maximum atomic E-state index is 12.3. The van der Waals surface area contributed by atoms with Crippen molar-refractivity contribution >= 4 is 30.2 Å². The van der Waals surface area contributed by atoms with Gasteiger partial charge in [0, 0.05) is 13.1 Å². The Morgan fingerprint density at radius 1 is 1.08 bits per heavy atom. The quantitative estimate of drug-likeness (QED) is 0.617. The highest BCUT2D eigenvalue weighted by Gasteiger charge is 2.34. The predicted octanol–water partition coefficient (Wildman–Crippen LogP) is 2.28. The number of halogens is 1. The molecule has 0 radical (unpaired) electrons. The molecule has 0 aromatic heterocycles. The highest BCUT2D eigenvalue weighted by Crippen LogP contribution is 2.23. The van der Waals surface area contributed by atoms with E-state index >= 15 is 0 Å². The van der Waals surface area contributed by atoms with Crippen LogP contribution in [0.4, 0.5) is 0 Å². The number of rotatable bonds is 6. The molecule has 1 aromatic rings. The van der Waals surface area contributed by atoms with Crippen molar-refractivity contribution in [2.75, 3.05) is 26.2 Å². The molecule has 6 nitrogen and oxygen atoms in total. The first-order valence-electron chi connectivity index (χ1n) is 8.48. The summed E-state index contributed by atoms with van der Waals surface area (Å²) >= 11 is 0. The van der Waals surface area contributed by atoms with E-state index in [-0.39, 0.29) is 30.1 Å². The van der Waals surface area contributed by atoms with E-state index in [1.807, 2.05) is 0 Å². The van der Waals surface area contributed by atoms with Crippen LogP contribution in [0.25, 0.3) is 0 Å². The van der Waals surface area contributed by atoms with Crippen molar-refractivity contribution < 1.29 is 19.5 Å². The fraction of sp³-hybridized carbons (Fsp3) is 0.500. The van der Waals surface area contributed by atoms with Gasteiger partial charge < -0.3 is 10.0 Å². The Morgan fingerprint density at radius 2 is 1.68 bits per heavy atom. The summed E-state index contributed by atoms with van der Waals surface area (Å²) in [4.78, 5) is 39.1. The highest BCUT2D eigenvalue weighted by atomic mass is 35.5. The van der Waals surface area contributed by atoms with Crippen molar-refractivity contribution in [1.82, 2.24) is 9.80 Å². The minimum atomic E-state index is -0.717. The highest BCUT2D eigenvalue weighted by molar-refractivity contribution is 6.21. The van der Waals surface area contributed by atoms with E-state index in [1.54, 1.807) is 24.3 Å². The first-order chi connectivity index (χ1) is 11.6. The maximum absolute atomic E-state index is 12.3. The van der Waals surface area contributed by atoms with Crippen LogP contribution in [0, 0.1) is 5.92 Å². The minimum absolute atomic E-state index is 0. The summed E-state index contributed by atoms with van der Waals surface area (Å²) in [5, 5.41) is 9.11. The third-order valence-corrected chi connectivity index (χ3v) is 4.84. The fourth-order valence-electron chi connectivity index (χ4n) is 3.51. The average molecular weight is 367 g/mol. The van der Waals surface area contributed by atoms with Crippen LogP contribution in [0.1, 0.15) is 46.4 Å². The van der Waals surface area contributed by atoms with E-state index in [2.05, 4.69) is 4.90 Å². The molecule has 2 heterocycles. The molecule has 0 bridgehead atoms. The van der Waals surface area contributed by atoms with Gasteiger partial charge >= 0.3 is 5.97 Å². The van der Waals surface area contributed by atoms with Gasteiger partial charge in [-0.1, -0.05) is 12.1 Å². The van der Waals surface area contributed by atoms with Gasteiger partial charge in [-0.05, 0) is 50.9 Å². The summed E-state index contributed by atoms with van der Waals surface area (Å²) < 4.78 is 0.